The van der Waals surface area contributed by atoms with Gasteiger partial charge < -0.3 is 10.2 Å². The number of aliphatic hydroxyl groups is 2. The molecule has 224 valence electrons. The molecule has 0 amide bonds. The van der Waals surface area contributed by atoms with Crippen molar-refractivity contribution in [3.05, 3.63) is 23.3 Å². The van der Waals surface area contributed by atoms with Gasteiger partial charge in [-0.05, 0) is 111 Å². The van der Waals surface area contributed by atoms with Gasteiger partial charge in [-0.3, -0.25) is 9.11 Å². The van der Waals surface area contributed by atoms with Crippen LogP contribution in [0.2, 0.25) is 0 Å². The zero-order valence-electron chi connectivity index (χ0n) is 23.2. The van der Waals surface area contributed by atoms with E-state index in [9.17, 15) is 36.2 Å². The maximum absolute atomic E-state index is 11.5. The lowest BCUT2D eigenvalue weighted by molar-refractivity contribution is -0.119. The highest BCUT2D eigenvalue weighted by atomic mass is 32.3. The van der Waals surface area contributed by atoms with Gasteiger partial charge in [-0.15, -0.1) is 0 Å². The highest BCUT2D eigenvalue weighted by Crippen LogP contribution is 2.67. The summed E-state index contributed by atoms with van der Waals surface area (Å²) in [5, 5.41) is 21.5. The molecule has 0 aromatic rings. The van der Waals surface area contributed by atoms with Crippen LogP contribution in [0, 0.1) is 40.4 Å². The lowest BCUT2D eigenvalue weighted by Gasteiger charge is -2.59. The van der Waals surface area contributed by atoms with E-state index in [4.69, 9.17) is 8.37 Å². The first-order chi connectivity index (χ1) is 18.0. The first-order valence-electron chi connectivity index (χ1n) is 13.9. The first kappa shape index (κ1) is 31.1. The molecule has 10 atom stereocenters. The van der Waals surface area contributed by atoms with Crippen LogP contribution in [-0.2, 0) is 29.2 Å². The van der Waals surface area contributed by atoms with Crippen LogP contribution >= 0.6 is 0 Å². The maximum Gasteiger partial charge on any atom is 0.397 e. The number of allylic oxidation sites excluding steroid dienone is 3. The van der Waals surface area contributed by atoms with Crippen LogP contribution in [0.4, 0.5) is 0 Å². The van der Waals surface area contributed by atoms with Crippen molar-refractivity contribution < 1.29 is 44.5 Å². The Hall–Kier alpha value is -0.860. The molecule has 3 fully saturated rings. The van der Waals surface area contributed by atoms with Crippen LogP contribution in [0.25, 0.3) is 0 Å². The third-order valence-electron chi connectivity index (χ3n) is 10.6. The van der Waals surface area contributed by atoms with Crippen LogP contribution < -0.4 is 0 Å². The molecular weight excluding hydrogens is 548 g/mol. The van der Waals surface area contributed by atoms with Crippen molar-refractivity contribution in [2.24, 2.45) is 40.4 Å². The fourth-order valence-corrected chi connectivity index (χ4v) is 9.83. The van der Waals surface area contributed by atoms with E-state index >= 15 is 0 Å². The number of hydrogen-bond acceptors (Lipinski definition) is 8. The fourth-order valence-electron chi connectivity index (χ4n) is 8.99. The topological polar surface area (TPSA) is 168 Å². The van der Waals surface area contributed by atoms with Crippen LogP contribution in [0.1, 0.15) is 79.1 Å². The van der Waals surface area contributed by atoms with E-state index in [0.29, 0.717) is 11.5 Å². The molecule has 12 heteroatoms. The molecule has 0 aromatic heterocycles. The Morgan fingerprint density at radius 2 is 1.77 bits per heavy atom. The van der Waals surface area contributed by atoms with Gasteiger partial charge in [-0.1, -0.05) is 31.6 Å². The average Bonchev–Trinajstić information content (AvgIpc) is 3.15. The molecule has 10 nitrogen and oxygen atoms in total. The summed E-state index contributed by atoms with van der Waals surface area (Å²) in [4.78, 5) is 0. The van der Waals surface area contributed by atoms with E-state index in [1.165, 1.54) is 5.57 Å². The summed E-state index contributed by atoms with van der Waals surface area (Å²) in [7, 11) is -9.36. The standard InChI is InChI=1S/C27H44O10S2/c1-16(2)6-5-7-17(15-36-38(30,31)32)19-10-11-20-18-8-9-22-24(28)25(29)23(37-39(33,34)35)14-27(22,4)21(18)12-13-26(19,20)3/h6,9,17-21,23-25,28-29H,5,7-8,10-15H2,1-4H3,(H,30,31,32)(H,33,34,35)/t17?,18?,19?,20?,21?,23-,24+,25+,26?,27?/m0/s1. The van der Waals surface area contributed by atoms with E-state index < -0.39 is 44.5 Å². The average molecular weight is 593 g/mol. The lowest BCUT2D eigenvalue weighted by atomic mass is 9.46. The molecule has 4 N–H and O–H groups in total. The Balaban J connectivity index is 1.60. The van der Waals surface area contributed by atoms with E-state index in [1.807, 2.05) is 26.8 Å². The Labute approximate surface area is 232 Å². The molecule has 0 spiro atoms. The smallest absolute Gasteiger partial charge is 0.387 e. The second-order valence-electron chi connectivity index (χ2n) is 13.0. The normalized spacial score (nSPS) is 41.1. The van der Waals surface area contributed by atoms with Crippen LogP contribution in [0.5, 0.6) is 0 Å². The molecule has 4 aliphatic rings. The van der Waals surface area contributed by atoms with Crippen molar-refractivity contribution in [2.75, 3.05) is 6.61 Å². The molecule has 4 rings (SSSR count). The minimum absolute atomic E-state index is 0.0430. The van der Waals surface area contributed by atoms with Crippen molar-refractivity contribution in [3.63, 3.8) is 0 Å². The Kier molecular flexibility index (Phi) is 8.84. The zero-order valence-corrected chi connectivity index (χ0v) is 24.8. The van der Waals surface area contributed by atoms with E-state index in [-0.39, 0.29) is 42.1 Å². The molecule has 39 heavy (non-hydrogen) atoms. The zero-order chi connectivity index (χ0) is 29.0. The lowest BCUT2D eigenvalue weighted by Crippen LogP contribution is -2.58. The monoisotopic (exact) mass is 592 g/mol. The minimum Gasteiger partial charge on any atom is -0.387 e. The van der Waals surface area contributed by atoms with Gasteiger partial charge in [0, 0.05) is 0 Å². The molecule has 0 saturated heterocycles. The molecule has 0 aliphatic heterocycles. The SMILES string of the molecule is CC(C)=CCCC(COS(=O)(=O)O)C1CCC2C3CC=C4[C@@H](O)[C@H](O)[C@@H](OS(=O)(=O)O)CC4(C)C3CCC12C. The summed E-state index contributed by atoms with van der Waals surface area (Å²) in [6.07, 6.45) is 6.17. The van der Waals surface area contributed by atoms with Gasteiger partial charge in [0.1, 0.15) is 18.3 Å². The van der Waals surface area contributed by atoms with Crippen molar-refractivity contribution in [1.29, 1.82) is 0 Å². The fraction of sp³-hybridized carbons (Fsp3) is 0.852. The summed E-state index contributed by atoms with van der Waals surface area (Å²) in [6, 6.07) is 0. The summed E-state index contributed by atoms with van der Waals surface area (Å²) in [6.45, 7) is 8.28. The maximum atomic E-state index is 11.5. The molecule has 7 unspecified atom stereocenters. The van der Waals surface area contributed by atoms with E-state index in [1.54, 1.807) is 0 Å². The Morgan fingerprint density at radius 3 is 2.38 bits per heavy atom. The van der Waals surface area contributed by atoms with E-state index in [0.717, 1.165) is 44.9 Å². The molecule has 0 heterocycles. The Bertz CT molecular complexity index is 1190. The van der Waals surface area contributed by atoms with Gasteiger partial charge in [0.15, 0.2) is 0 Å². The summed E-state index contributed by atoms with van der Waals surface area (Å²) in [5.41, 5.74) is 1.23. The summed E-state index contributed by atoms with van der Waals surface area (Å²) < 4.78 is 74.1. The minimum atomic E-state index is -4.81. The van der Waals surface area contributed by atoms with Crippen molar-refractivity contribution in [1.82, 2.24) is 0 Å². The Morgan fingerprint density at radius 1 is 1.08 bits per heavy atom. The predicted octanol–water partition coefficient (Wildman–Crippen LogP) is 3.88. The number of rotatable bonds is 9. The molecule has 0 aromatic carbocycles. The number of hydrogen-bond donors (Lipinski definition) is 4. The summed E-state index contributed by atoms with van der Waals surface area (Å²) >= 11 is 0. The molecular formula is C27H44O10S2. The van der Waals surface area contributed by atoms with Crippen molar-refractivity contribution in [2.45, 2.75) is 97.4 Å². The number of fused-ring (bicyclic) bond motifs is 5. The van der Waals surface area contributed by atoms with Crippen molar-refractivity contribution in [3.8, 4) is 0 Å². The number of aliphatic hydroxyl groups excluding tert-OH is 2. The van der Waals surface area contributed by atoms with Gasteiger partial charge in [0.25, 0.3) is 0 Å². The molecule has 0 bridgehead atoms. The largest absolute Gasteiger partial charge is 0.397 e. The molecule has 3 saturated carbocycles. The quantitative estimate of drug-likeness (QED) is 0.228. The predicted molar refractivity (Wildman–Crippen MR) is 144 cm³/mol. The third kappa shape index (κ3) is 6.33. The highest BCUT2D eigenvalue weighted by molar-refractivity contribution is 7.81. The van der Waals surface area contributed by atoms with E-state index in [2.05, 4.69) is 13.0 Å². The van der Waals surface area contributed by atoms with Gasteiger partial charge in [0.2, 0.25) is 0 Å². The van der Waals surface area contributed by atoms with Crippen LogP contribution in [0.3, 0.4) is 0 Å². The van der Waals surface area contributed by atoms with Gasteiger partial charge in [0.05, 0.1) is 6.61 Å². The second kappa shape index (κ2) is 11.1. The molecule has 0 radical (unpaired) electrons. The highest BCUT2D eigenvalue weighted by Gasteiger charge is 2.62. The van der Waals surface area contributed by atoms with Gasteiger partial charge in [-0.2, -0.15) is 16.8 Å². The second-order valence-corrected chi connectivity index (χ2v) is 15.1. The molecule has 4 aliphatic carbocycles. The van der Waals surface area contributed by atoms with Crippen molar-refractivity contribution >= 4 is 20.8 Å². The van der Waals surface area contributed by atoms with Gasteiger partial charge >= 0.3 is 20.8 Å². The van der Waals surface area contributed by atoms with Crippen LogP contribution in [0.15, 0.2) is 23.3 Å². The summed E-state index contributed by atoms with van der Waals surface area (Å²) in [5.74, 6) is 0.888. The van der Waals surface area contributed by atoms with Gasteiger partial charge in [-0.25, -0.2) is 8.37 Å². The van der Waals surface area contributed by atoms with Crippen LogP contribution in [-0.4, -0.2) is 61.1 Å². The first-order valence-corrected chi connectivity index (χ1v) is 16.7. The third-order valence-corrected chi connectivity index (χ3v) is 11.5.